The number of aliphatic hydroxyl groups excluding tert-OH is 2. The van der Waals surface area contributed by atoms with Crippen molar-refractivity contribution < 1.29 is 10.2 Å². The molecule has 2 atom stereocenters. The molecule has 4 nitrogen and oxygen atoms in total. The molecular formula is C10H18N2O2S. The predicted octanol–water partition coefficient (Wildman–Crippen LogP) is -0.0354. The van der Waals surface area contributed by atoms with Crippen molar-refractivity contribution in [2.75, 3.05) is 25.2 Å². The van der Waals surface area contributed by atoms with Crippen LogP contribution in [0, 0.1) is 17.2 Å². The van der Waals surface area contributed by atoms with Gasteiger partial charge in [0.05, 0.1) is 18.8 Å². The van der Waals surface area contributed by atoms with Gasteiger partial charge in [0, 0.05) is 11.5 Å². The first-order valence-electron chi connectivity index (χ1n) is 5.15. The van der Waals surface area contributed by atoms with Gasteiger partial charge in [0.15, 0.2) is 0 Å². The predicted molar refractivity (Wildman–Crippen MR) is 60.5 cm³/mol. The Morgan fingerprint density at radius 1 is 1.67 bits per heavy atom. The Labute approximate surface area is 94.7 Å². The summed E-state index contributed by atoms with van der Waals surface area (Å²) in [4.78, 5) is 0. The molecule has 0 radical (unpaired) electrons. The Morgan fingerprint density at radius 2 is 2.33 bits per heavy atom. The third-order valence-corrected chi connectivity index (χ3v) is 4.05. The second kappa shape index (κ2) is 5.71. The first-order chi connectivity index (χ1) is 7.18. The lowest BCUT2D eigenvalue weighted by Gasteiger charge is -2.25. The van der Waals surface area contributed by atoms with Gasteiger partial charge in [-0.15, -0.1) is 0 Å². The molecule has 1 fully saturated rings. The van der Waals surface area contributed by atoms with E-state index >= 15 is 0 Å². The highest BCUT2D eigenvalue weighted by Gasteiger charge is 2.44. The number of nitrogens with zero attached hydrogens (tertiary/aromatic N) is 1. The van der Waals surface area contributed by atoms with E-state index in [1.807, 2.05) is 7.05 Å². The standard InChI is InChI=1S/C10H18N2O2S/c1-12-10(6-11,8-2-3-8)7-15-5-9(14)4-13/h8-9,12-14H,2-5,7H2,1H3. The Hall–Kier alpha value is -0.280. The van der Waals surface area contributed by atoms with Gasteiger partial charge in [0.25, 0.3) is 0 Å². The van der Waals surface area contributed by atoms with E-state index in [1.54, 1.807) is 0 Å². The molecule has 0 bridgehead atoms. The fraction of sp³-hybridized carbons (Fsp3) is 0.900. The van der Waals surface area contributed by atoms with E-state index in [0.29, 0.717) is 17.4 Å². The van der Waals surface area contributed by atoms with Crippen molar-refractivity contribution in [3.05, 3.63) is 0 Å². The minimum Gasteiger partial charge on any atom is -0.394 e. The molecule has 0 heterocycles. The van der Waals surface area contributed by atoms with Crippen LogP contribution in [0.2, 0.25) is 0 Å². The molecule has 5 heteroatoms. The molecule has 15 heavy (non-hydrogen) atoms. The number of nitrogens with one attached hydrogen (secondary N) is 1. The SMILES string of the molecule is CNC(C#N)(CSCC(O)CO)C1CC1. The molecule has 0 amide bonds. The smallest absolute Gasteiger partial charge is 0.118 e. The van der Waals surface area contributed by atoms with E-state index in [-0.39, 0.29) is 6.61 Å². The summed E-state index contributed by atoms with van der Waals surface area (Å²) in [5.74, 6) is 1.60. The van der Waals surface area contributed by atoms with Crippen LogP contribution in [-0.4, -0.2) is 47.0 Å². The molecule has 1 aliphatic rings. The molecule has 1 rings (SSSR count). The maximum atomic E-state index is 9.18. The van der Waals surface area contributed by atoms with Crippen LogP contribution in [0.25, 0.3) is 0 Å². The second-order valence-corrected chi connectivity index (χ2v) is 4.99. The largest absolute Gasteiger partial charge is 0.394 e. The summed E-state index contributed by atoms with van der Waals surface area (Å²) in [5, 5.41) is 30.1. The van der Waals surface area contributed by atoms with Gasteiger partial charge in [0.1, 0.15) is 5.54 Å². The summed E-state index contributed by atoms with van der Waals surface area (Å²) < 4.78 is 0. The van der Waals surface area contributed by atoms with Crippen molar-refractivity contribution >= 4 is 11.8 Å². The molecule has 0 aromatic rings. The lowest BCUT2D eigenvalue weighted by molar-refractivity contribution is 0.113. The first kappa shape index (κ1) is 12.8. The Morgan fingerprint density at radius 3 is 2.73 bits per heavy atom. The second-order valence-electron chi connectivity index (χ2n) is 3.96. The van der Waals surface area contributed by atoms with Crippen LogP contribution in [0.1, 0.15) is 12.8 Å². The van der Waals surface area contributed by atoms with E-state index < -0.39 is 11.6 Å². The quantitative estimate of drug-likeness (QED) is 0.572. The number of aliphatic hydroxyl groups is 2. The Balaban J connectivity index is 2.36. The number of nitriles is 1. The topological polar surface area (TPSA) is 76.3 Å². The van der Waals surface area contributed by atoms with Crippen LogP contribution in [-0.2, 0) is 0 Å². The monoisotopic (exact) mass is 230 g/mol. The van der Waals surface area contributed by atoms with Gasteiger partial charge in [0.2, 0.25) is 0 Å². The third kappa shape index (κ3) is 3.35. The van der Waals surface area contributed by atoms with Crippen molar-refractivity contribution in [1.82, 2.24) is 5.32 Å². The molecule has 0 aromatic carbocycles. The number of hydrogen-bond acceptors (Lipinski definition) is 5. The zero-order valence-corrected chi connectivity index (χ0v) is 9.76. The highest BCUT2D eigenvalue weighted by molar-refractivity contribution is 7.99. The maximum absolute atomic E-state index is 9.18. The van der Waals surface area contributed by atoms with Gasteiger partial charge in [-0.1, -0.05) is 0 Å². The van der Waals surface area contributed by atoms with Crippen molar-refractivity contribution in [3.8, 4) is 6.07 Å². The molecule has 1 aliphatic carbocycles. The van der Waals surface area contributed by atoms with Gasteiger partial charge in [-0.05, 0) is 25.8 Å². The zero-order chi connectivity index (χ0) is 11.3. The minimum atomic E-state index is -0.678. The van der Waals surface area contributed by atoms with E-state index in [2.05, 4.69) is 11.4 Å². The summed E-state index contributed by atoms with van der Waals surface area (Å²) in [6.45, 7) is -0.213. The van der Waals surface area contributed by atoms with Crippen molar-refractivity contribution in [2.45, 2.75) is 24.5 Å². The van der Waals surface area contributed by atoms with Crippen molar-refractivity contribution in [1.29, 1.82) is 5.26 Å². The minimum absolute atomic E-state index is 0.213. The van der Waals surface area contributed by atoms with Crippen LogP contribution in [0.15, 0.2) is 0 Å². The summed E-state index contributed by atoms with van der Waals surface area (Å²) in [6, 6.07) is 2.34. The van der Waals surface area contributed by atoms with E-state index in [0.717, 1.165) is 12.8 Å². The zero-order valence-electron chi connectivity index (χ0n) is 8.94. The summed E-state index contributed by atoms with van der Waals surface area (Å²) in [5.41, 5.74) is -0.445. The molecule has 0 spiro atoms. The number of rotatable bonds is 7. The lowest BCUT2D eigenvalue weighted by atomic mass is 9.98. The fourth-order valence-electron chi connectivity index (χ4n) is 1.56. The van der Waals surface area contributed by atoms with Crippen LogP contribution in [0.3, 0.4) is 0 Å². The molecule has 0 saturated heterocycles. The average molecular weight is 230 g/mol. The highest BCUT2D eigenvalue weighted by atomic mass is 32.2. The molecule has 86 valence electrons. The highest BCUT2D eigenvalue weighted by Crippen LogP contribution is 2.40. The number of hydrogen-bond donors (Lipinski definition) is 3. The molecule has 0 aromatic heterocycles. The Kier molecular flexibility index (Phi) is 4.87. The van der Waals surface area contributed by atoms with E-state index in [4.69, 9.17) is 5.11 Å². The maximum Gasteiger partial charge on any atom is 0.118 e. The van der Waals surface area contributed by atoms with Gasteiger partial charge in [-0.25, -0.2) is 0 Å². The van der Waals surface area contributed by atoms with Gasteiger partial charge < -0.3 is 15.5 Å². The van der Waals surface area contributed by atoms with Crippen LogP contribution in [0.5, 0.6) is 0 Å². The van der Waals surface area contributed by atoms with Crippen molar-refractivity contribution in [2.24, 2.45) is 5.92 Å². The van der Waals surface area contributed by atoms with E-state index in [1.165, 1.54) is 11.8 Å². The van der Waals surface area contributed by atoms with Crippen LogP contribution >= 0.6 is 11.8 Å². The molecular weight excluding hydrogens is 212 g/mol. The Bertz CT molecular complexity index is 240. The van der Waals surface area contributed by atoms with Crippen LogP contribution < -0.4 is 5.32 Å². The third-order valence-electron chi connectivity index (χ3n) is 2.77. The summed E-state index contributed by atoms with van der Waals surface area (Å²) >= 11 is 1.52. The van der Waals surface area contributed by atoms with Crippen molar-refractivity contribution in [3.63, 3.8) is 0 Å². The lowest BCUT2D eigenvalue weighted by Crippen LogP contribution is -2.46. The molecule has 3 N–H and O–H groups in total. The van der Waals surface area contributed by atoms with Gasteiger partial charge in [-0.2, -0.15) is 17.0 Å². The van der Waals surface area contributed by atoms with E-state index in [9.17, 15) is 10.4 Å². The first-order valence-corrected chi connectivity index (χ1v) is 6.31. The fourth-order valence-corrected chi connectivity index (χ4v) is 2.82. The van der Waals surface area contributed by atoms with Gasteiger partial charge in [-0.3, -0.25) is 0 Å². The molecule has 1 saturated carbocycles. The normalized spacial score (nSPS) is 21.7. The molecule has 0 aliphatic heterocycles. The summed E-state index contributed by atoms with van der Waals surface area (Å²) in [7, 11) is 1.81. The van der Waals surface area contributed by atoms with Gasteiger partial charge >= 0.3 is 0 Å². The average Bonchev–Trinajstić information content (AvgIpc) is 3.09. The molecule has 2 unspecified atom stereocenters. The summed E-state index contributed by atoms with van der Waals surface area (Å²) in [6.07, 6.45) is 1.54. The number of thioether (sulfide) groups is 1. The van der Waals surface area contributed by atoms with Crippen LogP contribution in [0.4, 0.5) is 0 Å².